The van der Waals surface area contributed by atoms with Crippen molar-refractivity contribution in [3.63, 3.8) is 0 Å². The number of β-amino-alcohol motifs (C(OH)–C–C–N with tert-alkyl or cyclic N) is 1. The van der Waals surface area contributed by atoms with E-state index in [-0.39, 0.29) is 0 Å². The summed E-state index contributed by atoms with van der Waals surface area (Å²) in [5.41, 5.74) is 0.533. The fourth-order valence-electron chi connectivity index (χ4n) is 2.45. The van der Waals surface area contributed by atoms with Gasteiger partial charge in [-0.15, -0.1) is 0 Å². The van der Waals surface area contributed by atoms with Crippen LogP contribution >= 0.6 is 0 Å². The molecule has 1 unspecified atom stereocenters. The van der Waals surface area contributed by atoms with Gasteiger partial charge >= 0.3 is 0 Å². The highest BCUT2D eigenvalue weighted by Gasteiger charge is 2.33. The maximum absolute atomic E-state index is 10.1. The summed E-state index contributed by atoms with van der Waals surface area (Å²) in [7, 11) is 0. The summed E-state index contributed by atoms with van der Waals surface area (Å²) in [5.74, 6) is 1.87. The number of rotatable bonds is 4. The molecule has 1 aromatic heterocycles. The van der Waals surface area contributed by atoms with Crippen LogP contribution < -0.4 is 10.2 Å². The van der Waals surface area contributed by atoms with E-state index >= 15 is 0 Å². The maximum atomic E-state index is 10.1. The van der Waals surface area contributed by atoms with Gasteiger partial charge in [0.25, 0.3) is 0 Å². The third-order valence-corrected chi connectivity index (χ3v) is 3.37. The smallest absolute Gasteiger partial charge is 0.137 e. The Morgan fingerprint density at radius 2 is 2.22 bits per heavy atom. The molecule has 0 saturated carbocycles. The molecule has 0 aromatic carbocycles. The molecule has 5 nitrogen and oxygen atoms in total. The minimum atomic E-state index is -0.603. The Hall–Kier alpha value is -1.36. The maximum Gasteiger partial charge on any atom is 0.137 e. The summed E-state index contributed by atoms with van der Waals surface area (Å²) in [6, 6.07) is 0. The zero-order valence-corrected chi connectivity index (χ0v) is 11.4. The lowest BCUT2D eigenvalue weighted by molar-refractivity contribution is 0.0839. The fourth-order valence-corrected chi connectivity index (χ4v) is 2.45. The third-order valence-electron chi connectivity index (χ3n) is 3.37. The first-order valence-corrected chi connectivity index (χ1v) is 6.62. The van der Waals surface area contributed by atoms with Crippen molar-refractivity contribution in [3.05, 3.63) is 11.9 Å². The van der Waals surface area contributed by atoms with E-state index in [1.165, 1.54) is 0 Å². The van der Waals surface area contributed by atoms with E-state index < -0.39 is 5.60 Å². The van der Waals surface area contributed by atoms with Crippen LogP contribution in [0.3, 0.4) is 0 Å². The van der Waals surface area contributed by atoms with Crippen LogP contribution in [0, 0.1) is 0 Å². The van der Waals surface area contributed by atoms with Crippen molar-refractivity contribution in [1.82, 2.24) is 9.97 Å². The number of aliphatic hydroxyl groups is 1. The summed E-state index contributed by atoms with van der Waals surface area (Å²) in [5, 5.41) is 13.3. The molecule has 100 valence electrons. The van der Waals surface area contributed by atoms with Crippen LogP contribution in [0.5, 0.6) is 0 Å². The van der Waals surface area contributed by atoms with Crippen LogP contribution in [-0.4, -0.2) is 40.3 Å². The number of aromatic nitrogens is 2. The van der Waals surface area contributed by atoms with E-state index in [1.54, 1.807) is 6.33 Å². The Morgan fingerprint density at radius 1 is 1.44 bits per heavy atom. The van der Waals surface area contributed by atoms with Gasteiger partial charge in [-0.1, -0.05) is 6.92 Å². The molecular weight excluding hydrogens is 228 g/mol. The number of anilines is 2. The molecule has 1 aromatic rings. The first-order chi connectivity index (χ1) is 8.57. The average Bonchev–Trinajstić information content (AvgIpc) is 2.70. The monoisotopic (exact) mass is 250 g/mol. The summed E-state index contributed by atoms with van der Waals surface area (Å²) < 4.78 is 0. The number of hydrogen-bond acceptors (Lipinski definition) is 5. The minimum Gasteiger partial charge on any atom is -0.388 e. The van der Waals surface area contributed by atoms with E-state index in [9.17, 15) is 5.11 Å². The van der Waals surface area contributed by atoms with E-state index in [0.29, 0.717) is 6.54 Å². The molecule has 0 spiro atoms. The van der Waals surface area contributed by atoms with E-state index in [2.05, 4.69) is 34.0 Å². The van der Waals surface area contributed by atoms with Crippen molar-refractivity contribution in [1.29, 1.82) is 0 Å². The number of nitrogens with one attached hydrogen (secondary N) is 1. The van der Waals surface area contributed by atoms with Crippen molar-refractivity contribution >= 4 is 11.6 Å². The van der Waals surface area contributed by atoms with Gasteiger partial charge in [0, 0.05) is 25.2 Å². The highest BCUT2D eigenvalue weighted by atomic mass is 16.3. The van der Waals surface area contributed by atoms with Crippen molar-refractivity contribution < 1.29 is 5.11 Å². The van der Waals surface area contributed by atoms with Crippen LogP contribution in [0.1, 0.15) is 32.8 Å². The topological polar surface area (TPSA) is 61.3 Å². The zero-order valence-electron chi connectivity index (χ0n) is 11.4. The largest absolute Gasteiger partial charge is 0.388 e. The van der Waals surface area contributed by atoms with Crippen molar-refractivity contribution in [2.45, 2.75) is 39.2 Å². The van der Waals surface area contributed by atoms with Crippen molar-refractivity contribution in [3.8, 4) is 0 Å². The second kappa shape index (κ2) is 5.10. The molecule has 0 amide bonds. The van der Waals surface area contributed by atoms with Crippen molar-refractivity contribution in [2.75, 3.05) is 29.9 Å². The molecule has 1 fully saturated rings. The summed E-state index contributed by atoms with van der Waals surface area (Å²) in [6.07, 6.45) is 3.27. The molecule has 2 rings (SSSR count). The first kappa shape index (κ1) is 13.1. The van der Waals surface area contributed by atoms with E-state index in [0.717, 1.165) is 43.1 Å². The molecule has 1 atom stereocenters. The minimum absolute atomic E-state index is 0.603. The normalized spacial score (nSPS) is 23.4. The van der Waals surface area contributed by atoms with Gasteiger partial charge in [0.2, 0.25) is 0 Å². The molecule has 0 bridgehead atoms. The second-order valence-electron chi connectivity index (χ2n) is 5.08. The van der Waals surface area contributed by atoms with Crippen LogP contribution in [-0.2, 0) is 6.42 Å². The summed E-state index contributed by atoms with van der Waals surface area (Å²) in [4.78, 5) is 10.9. The van der Waals surface area contributed by atoms with Gasteiger partial charge in [-0.05, 0) is 26.7 Å². The Labute approximate surface area is 108 Å². The second-order valence-corrected chi connectivity index (χ2v) is 5.08. The molecular formula is C13H22N4O. The third kappa shape index (κ3) is 2.56. The van der Waals surface area contributed by atoms with Crippen LogP contribution in [0.25, 0.3) is 0 Å². The summed E-state index contributed by atoms with van der Waals surface area (Å²) >= 11 is 0. The predicted molar refractivity (Wildman–Crippen MR) is 73.0 cm³/mol. The summed E-state index contributed by atoms with van der Waals surface area (Å²) in [6.45, 7) is 8.39. The lowest BCUT2D eigenvalue weighted by Gasteiger charge is -2.23. The van der Waals surface area contributed by atoms with Gasteiger partial charge in [0.05, 0.1) is 5.60 Å². The predicted octanol–water partition coefficient (Wildman–Crippen LogP) is 1.43. The Balaban J connectivity index is 2.30. The highest BCUT2D eigenvalue weighted by Crippen LogP contribution is 2.30. The fraction of sp³-hybridized carbons (Fsp3) is 0.692. The van der Waals surface area contributed by atoms with Crippen LogP contribution in [0.4, 0.5) is 11.6 Å². The molecule has 1 aliphatic rings. The van der Waals surface area contributed by atoms with Gasteiger partial charge in [-0.3, -0.25) is 0 Å². The molecule has 1 saturated heterocycles. The molecule has 1 aliphatic heterocycles. The number of nitrogens with zero attached hydrogens (tertiary/aromatic N) is 3. The Kier molecular flexibility index (Phi) is 3.71. The van der Waals surface area contributed by atoms with E-state index in [4.69, 9.17) is 0 Å². The van der Waals surface area contributed by atoms with Gasteiger partial charge in [0.15, 0.2) is 0 Å². The highest BCUT2D eigenvalue weighted by molar-refractivity contribution is 5.59. The standard InChI is InChI=1S/C13H22N4O/c1-4-10-11(14-5-2)15-9-16-12(10)17-7-6-13(3,18)8-17/h9,18H,4-8H2,1-3H3,(H,14,15,16). The SMILES string of the molecule is CCNc1ncnc(N2CCC(C)(O)C2)c1CC. The van der Waals surface area contributed by atoms with E-state index in [1.807, 2.05) is 6.92 Å². The molecule has 0 aliphatic carbocycles. The molecule has 0 radical (unpaired) electrons. The van der Waals surface area contributed by atoms with Crippen LogP contribution in [0.15, 0.2) is 6.33 Å². The Bertz CT molecular complexity index is 419. The van der Waals surface area contributed by atoms with Crippen molar-refractivity contribution in [2.24, 2.45) is 0 Å². The lowest BCUT2D eigenvalue weighted by Crippen LogP contribution is -2.30. The Morgan fingerprint density at radius 3 is 2.78 bits per heavy atom. The first-order valence-electron chi connectivity index (χ1n) is 6.62. The molecule has 2 N–H and O–H groups in total. The van der Waals surface area contributed by atoms with Gasteiger partial charge in [-0.2, -0.15) is 0 Å². The number of hydrogen-bond donors (Lipinski definition) is 2. The zero-order chi connectivity index (χ0) is 13.2. The molecule has 5 heteroatoms. The van der Waals surface area contributed by atoms with Gasteiger partial charge < -0.3 is 15.3 Å². The van der Waals surface area contributed by atoms with Crippen LogP contribution in [0.2, 0.25) is 0 Å². The average molecular weight is 250 g/mol. The molecule has 18 heavy (non-hydrogen) atoms. The lowest BCUT2D eigenvalue weighted by atomic mass is 10.1. The quantitative estimate of drug-likeness (QED) is 0.846. The van der Waals surface area contributed by atoms with Gasteiger partial charge in [-0.25, -0.2) is 9.97 Å². The molecule has 2 heterocycles. The van der Waals surface area contributed by atoms with Gasteiger partial charge in [0.1, 0.15) is 18.0 Å².